The maximum Gasteiger partial charge on any atom is 0.235 e. The van der Waals surface area contributed by atoms with E-state index in [0.29, 0.717) is 0 Å². The molecule has 1 saturated carbocycles. The Hall–Kier alpha value is -1.47. The monoisotopic (exact) mass is 205 g/mol. The molecule has 0 radical (unpaired) electrons. The molecule has 1 aromatic carbocycles. The van der Waals surface area contributed by atoms with Crippen molar-refractivity contribution in [1.82, 2.24) is 0 Å². The van der Waals surface area contributed by atoms with Crippen LogP contribution in [0.2, 0.25) is 0 Å². The van der Waals surface area contributed by atoms with Crippen LogP contribution in [0.25, 0.3) is 0 Å². The number of rotatable bonds is 3. The quantitative estimate of drug-likeness (QED) is 0.551. The van der Waals surface area contributed by atoms with Crippen molar-refractivity contribution in [3.8, 4) is 0 Å². The zero-order chi connectivity index (χ0) is 10.9. The second-order valence-electron chi connectivity index (χ2n) is 3.89. The first kappa shape index (κ1) is 10.1. The van der Waals surface area contributed by atoms with Gasteiger partial charge in [0, 0.05) is 0 Å². The lowest BCUT2D eigenvalue weighted by molar-refractivity contribution is 0.555. The average Bonchev–Trinajstić information content (AvgIpc) is 2.99. The van der Waals surface area contributed by atoms with Gasteiger partial charge in [-0.25, -0.2) is 9.18 Å². The molecular formula is C12H12FNO. The minimum atomic E-state index is -0.463. The first-order valence-corrected chi connectivity index (χ1v) is 5.10. The van der Waals surface area contributed by atoms with Crippen LogP contribution in [0.4, 0.5) is 4.39 Å². The molecule has 0 heterocycles. The van der Waals surface area contributed by atoms with Gasteiger partial charge in [0.1, 0.15) is 5.82 Å². The van der Waals surface area contributed by atoms with Gasteiger partial charge in [-0.2, -0.15) is 4.99 Å². The zero-order valence-electron chi connectivity index (χ0n) is 8.59. The van der Waals surface area contributed by atoms with Gasteiger partial charge in [0.25, 0.3) is 0 Å². The normalized spacial score (nSPS) is 16.9. The van der Waals surface area contributed by atoms with Crippen molar-refractivity contribution in [3.05, 3.63) is 35.1 Å². The minimum Gasteiger partial charge on any atom is -0.211 e. The highest BCUT2D eigenvalue weighted by Gasteiger charge is 2.46. The fourth-order valence-corrected chi connectivity index (χ4v) is 1.94. The highest BCUT2D eigenvalue weighted by atomic mass is 19.1. The number of aryl methyl sites for hydroxylation is 1. The largest absolute Gasteiger partial charge is 0.235 e. The van der Waals surface area contributed by atoms with Crippen LogP contribution in [-0.2, 0) is 16.8 Å². The van der Waals surface area contributed by atoms with Crippen LogP contribution in [-0.4, -0.2) is 6.08 Å². The van der Waals surface area contributed by atoms with E-state index in [1.54, 1.807) is 12.1 Å². The Balaban J connectivity index is 2.50. The van der Waals surface area contributed by atoms with Crippen LogP contribution in [0, 0.1) is 5.82 Å². The Morgan fingerprint density at radius 1 is 1.53 bits per heavy atom. The highest BCUT2D eigenvalue weighted by Crippen LogP contribution is 2.50. The first-order valence-electron chi connectivity index (χ1n) is 5.10. The number of benzene rings is 1. The van der Waals surface area contributed by atoms with Crippen LogP contribution in [0.3, 0.4) is 0 Å². The molecule has 0 aliphatic heterocycles. The van der Waals surface area contributed by atoms with E-state index in [0.717, 1.165) is 30.4 Å². The molecule has 3 heteroatoms. The maximum absolute atomic E-state index is 13.1. The van der Waals surface area contributed by atoms with E-state index in [-0.39, 0.29) is 5.82 Å². The molecule has 1 aliphatic rings. The summed E-state index contributed by atoms with van der Waals surface area (Å²) >= 11 is 0. The molecule has 0 bridgehead atoms. The standard InChI is InChI=1S/C12H12FNO/c1-2-9-3-4-10(13)7-11(9)12(5-6-12)14-8-15/h3-4,7H,2,5-6H2,1H3. The van der Waals surface area contributed by atoms with E-state index in [1.807, 2.05) is 6.92 Å². The van der Waals surface area contributed by atoms with Crippen LogP contribution >= 0.6 is 0 Å². The van der Waals surface area contributed by atoms with Gasteiger partial charge in [0.2, 0.25) is 6.08 Å². The molecule has 0 unspecified atom stereocenters. The van der Waals surface area contributed by atoms with Crippen molar-refractivity contribution in [2.45, 2.75) is 31.7 Å². The summed E-state index contributed by atoms with van der Waals surface area (Å²) in [5.41, 5.74) is 1.45. The average molecular weight is 205 g/mol. The van der Waals surface area contributed by atoms with Crippen molar-refractivity contribution in [2.24, 2.45) is 4.99 Å². The van der Waals surface area contributed by atoms with E-state index >= 15 is 0 Å². The number of nitrogens with zero attached hydrogens (tertiary/aromatic N) is 1. The third-order valence-corrected chi connectivity index (χ3v) is 2.94. The molecule has 0 aromatic heterocycles. The molecule has 2 rings (SSSR count). The van der Waals surface area contributed by atoms with Gasteiger partial charge < -0.3 is 0 Å². The molecule has 2 nitrogen and oxygen atoms in total. The number of hydrogen-bond donors (Lipinski definition) is 0. The van der Waals surface area contributed by atoms with Crippen LogP contribution in [0.5, 0.6) is 0 Å². The van der Waals surface area contributed by atoms with E-state index in [2.05, 4.69) is 4.99 Å². The lowest BCUT2D eigenvalue weighted by Gasteiger charge is -2.13. The van der Waals surface area contributed by atoms with Gasteiger partial charge >= 0.3 is 0 Å². The molecule has 15 heavy (non-hydrogen) atoms. The Morgan fingerprint density at radius 3 is 2.80 bits per heavy atom. The minimum absolute atomic E-state index is 0.269. The van der Waals surface area contributed by atoms with Gasteiger partial charge in [-0.3, -0.25) is 0 Å². The molecule has 0 amide bonds. The first-order chi connectivity index (χ1) is 7.22. The summed E-state index contributed by atoms with van der Waals surface area (Å²) in [6, 6.07) is 4.71. The fraction of sp³-hybridized carbons (Fsp3) is 0.417. The van der Waals surface area contributed by atoms with Gasteiger partial charge in [-0.1, -0.05) is 13.0 Å². The smallest absolute Gasteiger partial charge is 0.211 e. The summed E-state index contributed by atoms with van der Waals surface area (Å²) in [4.78, 5) is 14.1. The summed E-state index contributed by atoms with van der Waals surface area (Å²) in [6.45, 7) is 2.01. The topological polar surface area (TPSA) is 29.4 Å². The number of halogens is 1. The summed E-state index contributed by atoms with van der Waals surface area (Å²) in [5.74, 6) is -0.269. The summed E-state index contributed by atoms with van der Waals surface area (Å²) in [7, 11) is 0. The third-order valence-electron chi connectivity index (χ3n) is 2.94. The second-order valence-corrected chi connectivity index (χ2v) is 3.89. The highest BCUT2D eigenvalue weighted by molar-refractivity contribution is 5.44. The molecule has 0 saturated heterocycles. The molecule has 1 fully saturated rings. The molecule has 0 atom stereocenters. The Bertz CT molecular complexity index is 431. The van der Waals surface area contributed by atoms with Crippen molar-refractivity contribution in [1.29, 1.82) is 0 Å². The fourth-order valence-electron chi connectivity index (χ4n) is 1.94. The summed E-state index contributed by atoms with van der Waals surface area (Å²) in [6.07, 6.45) is 4.05. The Kier molecular flexibility index (Phi) is 2.41. The number of hydrogen-bond acceptors (Lipinski definition) is 2. The lowest BCUT2D eigenvalue weighted by atomic mass is 9.97. The number of carbonyl (C=O) groups excluding carboxylic acids is 1. The maximum atomic E-state index is 13.1. The zero-order valence-corrected chi connectivity index (χ0v) is 8.59. The van der Waals surface area contributed by atoms with Crippen LogP contribution < -0.4 is 0 Å². The summed E-state index contributed by atoms with van der Waals surface area (Å²) < 4.78 is 13.1. The van der Waals surface area contributed by atoms with Crippen LogP contribution in [0.1, 0.15) is 30.9 Å². The molecule has 0 N–H and O–H groups in total. The van der Waals surface area contributed by atoms with Gasteiger partial charge in [0.15, 0.2) is 0 Å². The molecular weight excluding hydrogens is 193 g/mol. The Morgan fingerprint density at radius 2 is 2.27 bits per heavy atom. The van der Waals surface area contributed by atoms with Crippen molar-refractivity contribution >= 4 is 6.08 Å². The molecule has 1 aromatic rings. The molecule has 0 spiro atoms. The van der Waals surface area contributed by atoms with Gasteiger partial charge in [-0.15, -0.1) is 0 Å². The van der Waals surface area contributed by atoms with Crippen molar-refractivity contribution < 1.29 is 9.18 Å². The SMILES string of the molecule is CCc1ccc(F)cc1C1(N=C=O)CC1. The van der Waals surface area contributed by atoms with Crippen molar-refractivity contribution in [3.63, 3.8) is 0 Å². The lowest BCUT2D eigenvalue weighted by Crippen LogP contribution is -2.07. The summed E-state index contributed by atoms with van der Waals surface area (Å²) in [5, 5.41) is 0. The van der Waals surface area contributed by atoms with E-state index in [9.17, 15) is 9.18 Å². The van der Waals surface area contributed by atoms with Crippen molar-refractivity contribution in [2.75, 3.05) is 0 Å². The second kappa shape index (κ2) is 3.59. The number of isocyanates is 1. The van der Waals surface area contributed by atoms with Crippen LogP contribution in [0.15, 0.2) is 23.2 Å². The predicted molar refractivity (Wildman–Crippen MR) is 54.8 cm³/mol. The molecule has 78 valence electrons. The predicted octanol–water partition coefficient (Wildman–Crippen LogP) is 2.71. The van der Waals surface area contributed by atoms with Gasteiger partial charge in [-0.05, 0) is 42.5 Å². The third kappa shape index (κ3) is 1.71. The van der Waals surface area contributed by atoms with Gasteiger partial charge in [0.05, 0.1) is 5.54 Å². The number of aliphatic imine (C=N–C) groups is 1. The van der Waals surface area contributed by atoms with E-state index in [4.69, 9.17) is 0 Å². The Labute approximate surface area is 87.8 Å². The van der Waals surface area contributed by atoms with E-state index < -0.39 is 5.54 Å². The van der Waals surface area contributed by atoms with E-state index in [1.165, 1.54) is 12.1 Å². The molecule has 1 aliphatic carbocycles.